The number of hydrogen-bond acceptors (Lipinski definition) is 4. The average molecular weight is 320 g/mol. The van der Waals surface area contributed by atoms with Crippen LogP contribution in [-0.2, 0) is 14.4 Å². The lowest BCUT2D eigenvalue weighted by Crippen LogP contribution is -2.38. The van der Waals surface area contributed by atoms with Crippen molar-refractivity contribution in [2.75, 3.05) is 13.1 Å². The van der Waals surface area contributed by atoms with Crippen molar-refractivity contribution in [2.24, 2.45) is 17.0 Å². The van der Waals surface area contributed by atoms with Crippen LogP contribution in [0.2, 0.25) is 0 Å². The van der Waals surface area contributed by atoms with Gasteiger partial charge in [-0.3, -0.25) is 9.59 Å². The number of rotatable bonds is 3. The fraction of sp³-hybridized carbons (Fsp3) is 0.438. The molecule has 0 aromatic heterocycles. The van der Waals surface area contributed by atoms with Crippen LogP contribution >= 0.6 is 0 Å². The van der Waals surface area contributed by atoms with E-state index in [1.807, 2.05) is 6.92 Å². The van der Waals surface area contributed by atoms with Gasteiger partial charge in [-0.2, -0.15) is 0 Å². The largest absolute Gasteiger partial charge is 0.481 e. The first-order valence-electron chi connectivity index (χ1n) is 7.46. The van der Waals surface area contributed by atoms with Crippen LogP contribution < -0.4 is 0 Å². The van der Waals surface area contributed by atoms with Gasteiger partial charge in [-0.15, -0.1) is 0 Å². The summed E-state index contributed by atoms with van der Waals surface area (Å²) in [5.74, 6) is -2.18. The van der Waals surface area contributed by atoms with Crippen LogP contribution in [0.25, 0.3) is 0 Å². The van der Waals surface area contributed by atoms with Gasteiger partial charge in [-0.05, 0) is 18.1 Å². The minimum atomic E-state index is -0.892. The molecule has 0 bridgehead atoms. The summed E-state index contributed by atoms with van der Waals surface area (Å²) in [7, 11) is 0. The van der Waals surface area contributed by atoms with Crippen molar-refractivity contribution in [3.05, 3.63) is 35.6 Å². The Balaban J connectivity index is 1.64. The van der Waals surface area contributed by atoms with E-state index in [1.54, 1.807) is 12.1 Å². The van der Waals surface area contributed by atoms with Crippen molar-refractivity contribution < 1.29 is 23.9 Å². The number of amides is 1. The van der Waals surface area contributed by atoms with Gasteiger partial charge in [-0.1, -0.05) is 24.2 Å². The predicted octanol–water partition coefficient (Wildman–Crippen LogP) is 1.50. The second-order valence-electron chi connectivity index (χ2n) is 6.01. The maximum absolute atomic E-state index is 13.3. The Morgan fingerprint density at radius 3 is 2.83 bits per heavy atom. The van der Waals surface area contributed by atoms with E-state index >= 15 is 0 Å². The SMILES string of the molecule is C[C@@H]1CN(C(=O)C2CC(c3cccc(F)c3)=NO2)C[C@H]1C(=O)O. The third-order valence-corrected chi connectivity index (χ3v) is 4.34. The maximum atomic E-state index is 13.3. The van der Waals surface area contributed by atoms with Crippen LogP contribution in [0, 0.1) is 17.7 Å². The molecule has 1 amide bonds. The number of nitrogens with zero attached hydrogens (tertiary/aromatic N) is 2. The Kier molecular flexibility index (Phi) is 4.02. The molecule has 6 nitrogen and oxygen atoms in total. The Labute approximate surface area is 132 Å². The lowest BCUT2D eigenvalue weighted by molar-refractivity contribution is -0.143. The van der Waals surface area contributed by atoms with Crippen molar-refractivity contribution in [3.63, 3.8) is 0 Å². The van der Waals surface area contributed by atoms with E-state index in [4.69, 9.17) is 9.94 Å². The van der Waals surface area contributed by atoms with Crippen LogP contribution in [0.4, 0.5) is 4.39 Å². The van der Waals surface area contributed by atoms with Gasteiger partial charge in [-0.25, -0.2) is 4.39 Å². The number of benzene rings is 1. The Bertz CT molecular complexity index is 676. The molecule has 0 saturated carbocycles. The van der Waals surface area contributed by atoms with Gasteiger partial charge in [0.1, 0.15) is 5.82 Å². The number of halogens is 1. The summed E-state index contributed by atoms with van der Waals surface area (Å²) in [5, 5.41) is 13.0. The lowest BCUT2D eigenvalue weighted by atomic mass is 9.99. The molecule has 122 valence electrons. The molecule has 7 heteroatoms. The Morgan fingerprint density at radius 1 is 1.39 bits per heavy atom. The highest BCUT2D eigenvalue weighted by Crippen LogP contribution is 2.26. The molecule has 1 N–H and O–H groups in total. The molecule has 2 aliphatic heterocycles. The zero-order valence-electron chi connectivity index (χ0n) is 12.6. The first kappa shape index (κ1) is 15.5. The summed E-state index contributed by atoms with van der Waals surface area (Å²) in [5.41, 5.74) is 1.10. The number of aliphatic carboxylic acids is 1. The number of carboxylic acid groups (broad SMARTS) is 1. The number of likely N-dealkylation sites (tertiary alicyclic amines) is 1. The van der Waals surface area contributed by atoms with E-state index in [9.17, 15) is 14.0 Å². The summed E-state index contributed by atoms with van der Waals surface area (Å²) in [6.45, 7) is 2.39. The normalized spacial score (nSPS) is 26.8. The topological polar surface area (TPSA) is 79.2 Å². The van der Waals surface area contributed by atoms with Crippen LogP contribution in [0.15, 0.2) is 29.4 Å². The molecule has 3 atom stereocenters. The molecule has 0 aliphatic carbocycles. The highest BCUT2D eigenvalue weighted by Gasteiger charge is 2.41. The highest BCUT2D eigenvalue weighted by atomic mass is 19.1. The first-order chi connectivity index (χ1) is 11.0. The van der Waals surface area contributed by atoms with Gasteiger partial charge in [0.25, 0.3) is 5.91 Å². The van der Waals surface area contributed by atoms with Crippen LogP contribution in [0.1, 0.15) is 18.9 Å². The monoisotopic (exact) mass is 320 g/mol. The van der Waals surface area contributed by atoms with Crippen molar-refractivity contribution in [3.8, 4) is 0 Å². The van der Waals surface area contributed by atoms with Gasteiger partial charge < -0.3 is 14.8 Å². The molecule has 0 spiro atoms. The van der Waals surface area contributed by atoms with E-state index in [-0.39, 0.29) is 30.6 Å². The molecule has 1 aromatic carbocycles. The lowest BCUT2D eigenvalue weighted by Gasteiger charge is -2.18. The standard InChI is InChI=1S/C16H17FN2O4/c1-9-7-19(8-12(9)16(21)22)15(20)14-6-13(18-23-14)10-3-2-4-11(17)5-10/h2-5,9,12,14H,6-8H2,1H3,(H,21,22)/t9-,12-,14?/m1/s1. The molecule has 3 rings (SSSR count). The highest BCUT2D eigenvalue weighted by molar-refractivity contribution is 6.04. The second-order valence-corrected chi connectivity index (χ2v) is 6.01. The van der Waals surface area contributed by atoms with E-state index < -0.39 is 18.0 Å². The summed E-state index contributed by atoms with van der Waals surface area (Å²) in [6.07, 6.45) is -0.515. The molecule has 1 unspecified atom stereocenters. The zero-order valence-corrected chi connectivity index (χ0v) is 12.6. The molecular formula is C16H17FN2O4. The summed E-state index contributed by atoms with van der Waals surface area (Å²) < 4.78 is 13.3. The van der Waals surface area contributed by atoms with Crippen LogP contribution in [0.5, 0.6) is 0 Å². The zero-order chi connectivity index (χ0) is 16.6. The van der Waals surface area contributed by atoms with Gasteiger partial charge in [0, 0.05) is 25.1 Å². The Hall–Kier alpha value is -2.44. The molecule has 0 radical (unpaired) electrons. The minimum Gasteiger partial charge on any atom is -0.481 e. The molecule has 23 heavy (non-hydrogen) atoms. The van der Waals surface area contributed by atoms with Gasteiger partial charge in [0.15, 0.2) is 0 Å². The molecule has 1 saturated heterocycles. The number of carboxylic acids is 1. The number of hydrogen-bond donors (Lipinski definition) is 1. The van der Waals surface area contributed by atoms with Gasteiger partial charge in [0.2, 0.25) is 6.10 Å². The fourth-order valence-corrected chi connectivity index (χ4v) is 3.02. The van der Waals surface area contributed by atoms with E-state index in [0.717, 1.165) is 0 Å². The van der Waals surface area contributed by atoms with E-state index in [0.29, 0.717) is 17.8 Å². The predicted molar refractivity (Wildman–Crippen MR) is 79.3 cm³/mol. The van der Waals surface area contributed by atoms with Crippen molar-refractivity contribution in [1.29, 1.82) is 0 Å². The van der Waals surface area contributed by atoms with Gasteiger partial charge >= 0.3 is 5.97 Å². The maximum Gasteiger partial charge on any atom is 0.308 e. The second kappa shape index (κ2) is 5.98. The van der Waals surface area contributed by atoms with Crippen LogP contribution in [-0.4, -0.2) is 46.8 Å². The molecule has 1 aromatic rings. The van der Waals surface area contributed by atoms with E-state index in [1.165, 1.54) is 17.0 Å². The third-order valence-electron chi connectivity index (χ3n) is 4.34. The van der Waals surface area contributed by atoms with Crippen LogP contribution in [0.3, 0.4) is 0 Å². The molecule has 1 fully saturated rings. The molecule has 2 aliphatic rings. The average Bonchev–Trinajstić information content (AvgIpc) is 3.13. The quantitative estimate of drug-likeness (QED) is 0.915. The van der Waals surface area contributed by atoms with Crippen molar-refractivity contribution in [1.82, 2.24) is 4.90 Å². The van der Waals surface area contributed by atoms with Gasteiger partial charge in [0.05, 0.1) is 11.6 Å². The third kappa shape index (κ3) is 3.04. The molecular weight excluding hydrogens is 303 g/mol. The van der Waals surface area contributed by atoms with E-state index in [2.05, 4.69) is 5.16 Å². The van der Waals surface area contributed by atoms with Crippen molar-refractivity contribution in [2.45, 2.75) is 19.4 Å². The summed E-state index contributed by atoms with van der Waals surface area (Å²) in [4.78, 5) is 30.3. The molecule has 2 heterocycles. The minimum absolute atomic E-state index is 0.0959. The first-order valence-corrected chi connectivity index (χ1v) is 7.46. The summed E-state index contributed by atoms with van der Waals surface area (Å²) in [6, 6.07) is 5.95. The fourth-order valence-electron chi connectivity index (χ4n) is 3.02. The smallest absolute Gasteiger partial charge is 0.308 e. The Morgan fingerprint density at radius 2 is 2.17 bits per heavy atom. The summed E-state index contributed by atoms with van der Waals surface area (Å²) >= 11 is 0. The number of carbonyl (C=O) groups is 2. The number of carbonyl (C=O) groups excluding carboxylic acids is 1. The van der Waals surface area contributed by atoms with Crippen molar-refractivity contribution >= 4 is 17.6 Å². The number of oxime groups is 1.